The summed E-state index contributed by atoms with van der Waals surface area (Å²) in [4.78, 5) is 22.0. The minimum absolute atomic E-state index is 0.0423. The first-order valence-electron chi connectivity index (χ1n) is 6.77. The van der Waals surface area contributed by atoms with Crippen LogP contribution < -0.4 is 5.32 Å². The van der Waals surface area contributed by atoms with Crippen LogP contribution in [0.5, 0.6) is 0 Å². The lowest BCUT2D eigenvalue weighted by atomic mass is 10.2. The van der Waals surface area contributed by atoms with Gasteiger partial charge in [-0.15, -0.1) is 11.8 Å². The second kappa shape index (κ2) is 8.19. The van der Waals surface area contributed by atoms with Gasteiger partial charge in [-0.2, -0.15) is 0 Å². The van der Waals surface area contributed by atoms with E-state index in [-0.39, 0.29) is 11.6 Å². The van der Waals surface area contributed by atoms with Crippen molar-refractivity contribution in [3.63, 3.8) is 0 Å². The summed E-state index contributed by atoms with van der Waals surface area (Å²) < 4.78 is 0. The van der Waals surface area contributed by atoms with E-state index in [1.165, 1.54) is 23.9 Å². The lowest BCUT2D eigenvalue weighted by Gasteiger charge is -2.05. The number of hydrogen-bond donors (Lipinski definition) is 1. The van der Waals surface area contributed by atoms with E-state index < -0.39 is 4.92 Å². The Balaban J connectivity index is 1.73. The molecule has 114 valence electrons. The van der Waals surface area contributed by atoms with Crippen LogP contribution in [-0.4, -0.2) is 16.6 Å². The topological polar surface area (TPSA) is 72.2 Å². The number of benzene rings is 2. The molecular formula is C16H16N2O3S. The molecule has 5 nitrogen and oxygen atoms in total. The largest absolute Gasteiger partial charge is 0.351 e. The van der Waals surface area contributed by atoms with Crippen LogP contribution in [0.3, 0.4) is 0 Å². The first kappa shape index (κ1) is 16.0. The Morgan fingerprint density at radius 3 is 2.55 bits per heavy atom. The number of rotatable bonds is 7. The number of nitrogens with one attached hydrogen (secondary N) is 1. The Hall–Kier alpha value is -2.34. The zero-order valence-corrected chi connectivity index (χ0v) is 12.7. The molecule has 0 radical (unpaired) electrons. The predicted molar refractivity (Wildman–Crippen MR) is 87.5 cm³/mol. The van der Waals surface area contributed by atoms with Gasteiger partial charge in [-0.25, -0.2) is 0 Å². The van der Waals surface area contributed by atoms with E-state index in [0.29, 0.717) is 18.1 Å². The Morgan fingerprint density at radius 2 is 1.82 bits per heavy atom. The standard InChI is InChI=1S/C16H16N2O3S/c19-16(17-10-13-5-2-1-3-6-13)12-22-11-14-7-4-8-15(9-14)18(20)21/h1-9H,10-12H2,(H,17,19). The first-order valence-corrected chi connectivity index (χ1v) is 7.92. The molecule has 0 saturated carbocycles. The maximum absolute atomic E-state index is 11.7. The van der Waals surface area contributed by atoms with Gasteiger partial charge in [0.05, 0.1) is 10.7 Å². The van der Waals surface area contributed by atoms with E-state index in [2.05, 4.69) is 5.32 Å². The fourth-order valence-electron chi connectivity index (χ4n) is 1.87. The minimum Gasteiger partial charge on any atom is -0.351 e. The highest BCUT2D eigenvalue weighted by atomic mass is 32.2. The number of nitro groups is 1. The summed E-state index contributed by atoms with van der Waals surface area (Å²) in [6, 6.07) is 16.2. The molecule has 0 aromatic heterocycles. The van der Waals surface area contributed by atoms with Crippen LogP contribution in [-0.2, 0) is 17.1 Å². The van der Waals surface area contributed by atoms with Gasteiger partial charge in [0, 0.05) is 24.4 Å². The molecule has 1 N–H and O–H groups in total. The van der Waals surface area contributed by atoms with Crippen molar-refractivity contribution in [2.45, 2.75) is 12.3 Å². The lowest BCUT2D eigenvalue weighted by molar-refractivity contribution is -0.384. The summed E-state index contributed by atoms with van der Waals surface area (Å²) in [7, 11) is 0. The molecule has 0 bridgehead atoms. The van der Waals surface area contributed by atoms with Crippen molar-refractivity contribution in [2.24, 2.45) is 0 Å². The summed E-state index contributed by atoms with van der Waals surface area (Å²) >= 11 is 1.44. The quantitative estimate of drug-likeness (QED) is 0.629. The monoisotopic (exact) mass is 316 g/mol. The van der Waals surface area contributed by atoms with Gasteiger partial charge in [-0.3, -0.25) is 14.9 Å². The summed E-state index contributed by atoms with van der Waals surface area (Å²) in [5.41, 5.74) is 1.97. The van der Waals surface area contributed by atoms with Gasteiger partial charge >= 0.3 is 0 Å². The van der Waals surface area contributed by atoms with Crippen LogP contribution in [0.25, 0.3) is 0 Å². The molecule has 0 spiro atoms. The van der Waals surface area contributed by atoms with Gasteiger partial charge in [-0.05, 0) is 11.1 Å². The highest BCUT2D eigenvalue weighted by molar-refractivity contribution is 7.99. The van der Waals surface area contributed by atoms with Crippen molar-refractivity contribution >= 4 is 23.4 Å². The second-order valence-electron chi connectivity index (χ2n) is 4.68. The number of carbonyl (C=O) groups excluding carboxylic acids is 1. The number of nitrogens with zero attached hydrogens (tertiary/aromatic N) is 1. The molecule has 0 saturated heterocycles. The molecule has 22 heavy (non-hydrogen) atoms. The van der Waals surface area contributed by atoms with E-state index in [1.807, 2.05) is 36.4 Å². The first-order chi connectivity index (χ1) is 10.6. The number of nitro benzene ring substituents is 1. The molecule has 0 atom stereocenters. The lowest BCUT2D eigenvalue weighted by Crippen LogP contribution is -2.24. The van der Waals surface area contributed by atoms with Gasteiger partial charge < -0.3 is 5.32 Å². The predicted octanol–water partition coefficient (Wildman–Crippen LogP) is 3.14. The summed E-state index contributed by atoms with van der Waals surface area (Å²) in [5.74, 6) is 0.856. The van der Waals surface area contributed by atoms with Crippen LogP contribution in [0.2, 0.25) is 0 Å². The fourth-order valence-corrected chi connectivity index (χ4v) is 2.67. The summed E-state index contributed by atoms with van der Waals surface area (Å²) in [5, 5.41) is 13.5. The number of non-ortho nitro benzene ring substituents is 1. The zero-order chi connectivity index (χ0) is 15.8. The van der Waals surface area contributed by atoms with Gasteiger partial charge in [0.25, 0.3) is 5.69 Å². The van der Waals surface area contributed by atoms with Gasteiger partial charge in [0.1, 0.15) is 0 Å². The van der Waals surface area contributed by atoms with E-state index in [0.717, 1.165) is 11.1 Å². The van der Waals surface area contributed by atoms with E-state index in [1.54, 1.807) is 6.07 Å². The third-order valence-electron chi connectivity index (χ3n) is 2.96. The SMILES string of the molecule is O=C(CSCc1cccc([N+](=O)[O-])c1)NCc1ccccc1. The van der Waals surface area contributed by atoms with Gasteiger partial charge in [0.2, 0.25) is 5.91 Å². The third-order valence-corrected chi connectivity index (χ3v) is 3.96. The molecule has 1 amide bonds. The smallest absolute Gasteiger partial charge is 0.269 e. The van der Waals surface area contributed by atoms with Crippen LogP contribution >= 0.6 is 11.8 Å². The molecule has 2 aromatic rings. The van der Waals surface area contributed by atoms with E-state index in [9.17, 15) is 14.9 Å². The van der Waals surface area contributed by atoms with Crippen molar-refractivity contribution in [1.29, 1.82) is 0 Å². The van der Waals surface area contributed by atoms with E-state index >= 15 is 0 Å². The Labute approximate surface area is 132 Å². The molecule has 0 fully saturated rings. The number of carbonyl (C=O) groups is 1. The molecule has 2 rings (SSSR count). The molecule has 0 heterocycles. The molecule has 0 aliphatic rings. The molecule has 0 aliphatic heterocycles. The number of hydrogen-bond acceptors (Lipinski definition) is 4. The van der Waals surface area contributed by atoms with Crippen molar-refractivity contribution in [1.82, 2.24) is 5.32 Å². The Morgan fingerprint density at radius 1 is 1.09 bits per heavy atom. The Bertz CT molecular complexity index is 647. The zero-order valence-electron chi connectivity index (χ0n) is 11.9. The van der Waals surface area contributed by atoms with Crippen molar-refractivity contribution < 1.29 is 9.72 Å². The van der Waals surface area contributed by atoms with E-state index in [4.69, 9.17) is 0 Å². The number of thioether (sulfide) groups is 1. The van der Waals surface area contributed by atoms with Crippen LogP contribution in [0, 0.1) is 10.1 Å². The highest BCUT2D eigenvalue weighted by Crippen LogP contribution is 2.17. The molecular weight excluding hydrogens is 300 g/mol. The molecule has 0 aliphatic carbocycles. The van der Waals surface area contributed by atoms with Crippen LogP contribution in [0.4, 0.5) is 5.69 Å². The van der Waals surface area contributed by atoms with Crippen molar-refractivity contribution in [3.05, 3.63) is 75.8 Å². The average molecular weight is 316 g/mol. The van der Waals surface area contributed by atoms with Gasteiger partial charge in [-0.1, -0.05) is 42.5 Å². The van der Waals surface area contributed by atoms with Crippen LogP contribution in [0.15, 0.2) is 54.6 Å². The van der Waals surface area contributed by atoms with Crippen molar-refractivity contribution in [3.8, 4) is 0 Å². The third kappa shape index (κ3) is 5.21. The maximum Gasteiger partial charge on any atom is 0.269 e. The summed E-state index contributed by atoms with van der Waals surface area (Å²) in [6.45, 7) is 0.511. The number of amides is 1. The minimum atomic E-state index is -0.416. The maximum atomic E-state index is 11.7. The highest BCUT2D eigenvalue weighted by Gasteiger charge is 2.07. The van der Waals surface area contributed by atoms with Crippen LogP contribution in [0.1, 0.15) is 11.1 Å². The molecule has 6 heteroatoms. The van der Waals surface area contributed by atoms with Crippen molar-refractivity contribution in [2.75, 3.05) is 5.75 Å². The Kier molecular flexibility index (Phi) is 5.97. The average Bonchev–Trinajstić information content (AvgIpc) is 2.54. The van der Waals surface area contributed by atoms with Gasteiger partial charge in [0.15, 0.2) is 0 Å². The normalized spacial score (nSPS) is 10.2. The summed E-state index contributed by atoms with van der Waals surface area (Å²) in [6.07, 6.45) is 0. The molecule has 2 aromatic carbocycles. The molecule has 0 unspecified atom stereocenters. The fraction of sp³-hybridized carbons (Fsp3) is 0.188. The second-order valence-corrected chi connectivity index (χ2v) is 5.67.